The number of hydrogen-bond donors (Lipinski definition) is 2. The first kappa shape index (κ1) is 24.3. The summed E-state index contributed by atoms with van der Waals surface area (Å²) in [6.07, 6.45) is -4.76. The number of phenolic OH excluding ortho intramolecular Hbond substituents is 1. The summed E-state index contributed by atoms with van der Waals surface area (Å²) in [7, 11) is 0. The molecule has 1 aliphatic rings. The molecular weight excluding hydrogens is 423 g/mol. The van der Waals surface area contributed by atoms with Gasteiger partial charge in [0.15, 0.2) is 0 Å². The number of ether oxygens (including phenoxy) is 1. The van der Waals surface area contributed by atoms with Crippen LogP contribution in [0.4, 0.5) is 17.6 Å². The molecule has 1 atom stereocenters. The van der Waals surface area contributed by atoms with E-state index in [2.05, 4.69) is 10.1 Å². The van der Waals surface area contributed by atoms with E-state index in [1.807, 2.05) is 4.90 Å². The van der Waals surface area contributed by atoms with Crippen LogP contribution in [0.2, 0.25) is 0 Å². The SMILES string of the molecule is Cl.Cl.Oc1ccc(F)cc1[C@@H](c1ccc(OC(F)(F)F)cc1)N1CCNCC1. The zero-order valence-electron chi connectivity index (χ0n) is 14.6. The summed E-state index contributed by atoms with van der Waals surface area (Å²) in [6, 6.07) is 8.64. The van der Waals surface area contributed by atoms with Crippen molar-refractivity contribution in [2.45, 2.75) is 12.4 Å². The summed E-state index contributed by atoms with van der Waals surface area (Å²) in [4.78, 5) is 2.05. The largest absolute Gasteiger partial charge is 0.573 e. The molecule has 10 heteroatoms. The molecule has 0 radical (unpaired) electrons. The summed E-state index contributed by atoms with van der Waals surface area (Å²) in [5.41, 5.74) is 1.01. The second-order valence-corrected chi connectivity index (χ2v) is 6.01. The molecule has 0 amide bonds. The Bertz CT molecular complexity index is 754. The van der Waals surface area contributed by atoms with Crippen molar-refractivity contribution in [2.75, 3.05) is 26.2 Å². The number of rotatable bonds is 4. The van der Waals surface area contributed by atoms with Gasteiger partial charge in [0.1, 0.15) is 17.3 Å². The molecular formula is C18H20Cl2F4N2O2. The molecule has 156 valence electrons. The van der Waals surface area contributed by atoms with Crippen LogP contribution in [0.15, 0.2) is 42.5 Å². The normalized spacial score (nSPS) is 15.9. The Morgan fingerprint density at radius 1 is 1.00 bits per heavy atom. The maximum atomic E-state index is 13.8. The number of benzene rings is 2. The monoisotopic (exact) mass is 442 g/mol. The van der Waals surface area contributed by atoms with Crippen LogP contribution in [-0.2, 0) is 0 Å². The first-order chi connectivity index (χ1) is 12.3. The van der Waals surface area contributed by atoms with Gasteiger partial charge < -0.3 is 15.2 Å². The number of nitrogens with zero attached hydrogens (tertiary/aromatic N) is 1. The number of hydrogen-bond acceptors (Lipinski definition) is 4. The van der Waals surface area contributed by atoms with Gasteiger partial charge in [0, 0.05) is 31.7 Å². The van der Waals surface area contributed by atoms with Gasteiger partial charge in [-0.15, -0.1) is 38.0 Å². The second-order valence-electron chi connectivity index (χ2n) is 6.01. The Balaban J connectivity index is 0.00000196. The first-order valence-corrected chi connectivity index (χ1v) is 8.12. The molecule has 28 heavy (non-hydrogen) atoms. The number of aromatic hydroxyl groups is 1. The van der Waals surface area contributed by atoms with Gasteiger partial charge in [0.25, 0.3) is 0 Å². The Kier molecular flexibility index (Phi) is 8.81. The van der Waals surface area contributed by atoms with E-state index in [1.54, 1.807) is 0 Å². The van der Waals surface area contributed by atoms with Crippen LogP contribution in [-0.4, -0.2) is 42.5 Å². The van der Waals surface area contributed by atoms with E-state index in [1.165, 1.54) is 36.4 Å². The predicted molar refractivity (Wildman–Crippen MR) is 102 cm³/mol. The summed E-state index contributed by atoms with van der Waals surface area (Å²) in [6.45, 7) is 2.76. The van der Waals surface area contributed by atoms with Crippen molar-refractivity contribution >= 4 is 24.8 Å². The molecule has 1 aliphatic heterocycles. The lowest BCUT2D eigenvalue weighted by molar-refractivity contribution is -0.274. The standard InChI is InChI=1S/C18H18F4N2O2.2ClH/c19-13-3-6-16(25)15(11-13)17(24-9-7-23-8-10-24)12-1-4-14(5-2-12)26-18(20,21)22;;/h1-6,11,17,23,25H,7-10H2;2*1H/t17-;;/m1../s1. The number of nitrogens with one attached hydrogen (secondary N) is 1. The molecule has 2 aromatic rings. The molecule has 0 spiro atoms. The number of phenols is 1. The predicted octanol–water partition coefficient (Wildman–Crippen LogP) is 4.27. The minimum absolute atomic E-state index is 0. The van der Waals surface area contributed by atoms with Crippen molar-refractivity contribution in [1.29, 1.82) is 0 Å². The van der Waals surface area contributed by atoms with Gasteiger partial charge >= 0.3 is 6.36 Å². The van der Waals surface area contributed by atoms with Crippen molar-refractivity contribution in [3.8, 4) is 11.5 Å². The number of alkyl halides is 3. The summed E-state index contributed by atoms with van der Waals surface area (Å²) in [5, 5.41) is 13.4. The maximum Gasteiger partial charge on any atom is 0.573 e. The molecule has 0 bridgehead atoms. The third-order valence-electron chi connectivity index (χ3n) is 4.23. The highest BCUT2D eigenvalue weighted by Gasteiger charge is 2.31. The molecule has 1 heterocycles. The smallest absolute Gasteiger partial charge is 0.508 e. The zero-order valence-corrected chi connectivity index (χ0v) is 16.2. The maximum absolute atomic E-state index is 13.8. The lowest BCUT2D eigenvalue weighted by Gasteiger charge is -2.35. The number of halogens is 6. The first-order valence-electron chi connectivity index (χ1n) is 8.12. The van der Waals surface area contributed by atoms with Crippen LogP contribution in [0, 0.1) is 5.82 Å². The lowest BCUT2D eigenvalue weighted by Crippen LogP contribution is -2.45. The highest BCUT2D eigenvalue weighted by molar-refractivity contribution is 5.85. The van der Waals surface area contributed by atoms with E-state index in [0.717, 1.165) is 19.2 Å². The molecule has 0 saturated carbocycles. The Hall–Kier alpha value is -1.74. The summed E-state index contributed by atoms with van der Waals surface area (Å²) >= 11 is 0. The zero-order chi connectivity index (χ0) is 18.7. The average molecular weight is 443 g/mol. The van der Waals surface area contributed by atoms with Crippen molar-refractivity contribution in [3.63, 3.8) is 0 Å². The quantitative estimate of drug-likeness (QED) is 0.694. The average Bonchev–Trinajstić information content (AvgIpc) is 2.59. The third kappa shape index (κ3) is 6.13. The minimum Gasteiger partial charge on any atom is -0.508 e. The van der Waals surface area contributed by atoms with Gasteiger partial charge in [0.05, 0.1) is 6.04 Å². The second kappa shape index (κ2) is 10.2. The Morgan fingerprint density at radius 2 is 1.61 bits per heavy atom. The van der Waals surface area contributed by atoms with Gasteiger partial charge in [-0.05, 0) is 35.9 Å². The molecule has 2 N–H and O–H groups in total. The van der Waals surface area contributed by atoms with E-state index < -0.39 is 18.2 Å². The molecule has 2 aromatic carbocycles. The molecule has 1 fully saturated rings. The highest BCUT2D eigenvalue weighted by Crippen LogP contribution is 2.36. The molecule has 0 unspecified atom stereocenters. The van der Waals surface area contributed by atoms with Crippen molar-refractivity contribution in [2.24, 2.45) is 0 Å². The van der Waals surface area contributed by atoms with Gasteiger partial charge in [0.2, 0.25) is 0 Å². The van der Waals surface area contributed by atoms with Crippen LogP contribution >= 0.6 is 24.8 Å². The van der Waals surface area contributed by atoms with Crippen LogP contribution in [0.5, 0.6) is 11.5 Å². The van der Waals surface area contributed by atoms with Gasteiger partial charge in [-0.1, -0.05) is 12.1 Å². The van der Waals surface area contributed by atoms with Crippen LogP contribution in [0.3, 0.4) is 0 Å². The third-order valence-corrected chi connectivity index (χ3v) is 4.23. The number of piperazine rings is 1. The van der Waals surface area contributed by atoms with Crippen LogP contribution in [0.1, 0.15) is 17.2 Å². The molecule has 4 nitrogen and oxygen atoms in total. The van der Waals surface area contributed by atoms with Gasteiger partial charge in [-0.2, -0.15) is 0 Å². The fraction of sp³-hybridized carbons (Fsp3) is 0.333. The highest BCUT2D eigenvalue weighted by atomic mass is 35.5. The van der Waals surface area contributed by atoms with E-state index in [4.69, 9.17) is 0 Å². The molecule has 3 rings (SSSR count). The van der Waals surface area contributed by atoms with Crippen molar-refractivity contribution < 1.29 is 27.4 Å². The van der Waals surface area contributed by atoms with E-state index >= 15 is 0 Å². The van der Waals surface area contributed by atoms with E-state index in [9.17, 15) is 22.7 Å². The van der Waals surface area contributed by atoms with Crippen LogP contribution < -0.4 is 10.1 Å². The lowest BCUT2D eigenvalue weighted by atomic mass is 9.95. The van der Waals surface area contributed by atoms with Crippen LogP contribution in [0.25, 0.3) is 0 Å². The Morgan fingerprint density at radius 3 is 2.18 bits per heavy atom. The minimum atomic E-state index is -4.76. The van der Waals surface area contributed by atoms with E-state index in [0.29, 0.717) is 24.2 Å². The van der Waals surface area contributed by atoms with Gasteiger partial charge in [-0.25, -0.2) is 4.39 Å². The van der Waals surface area contributed by atoms with Gasteiger partial charge in [-0.3, -0.25) is 4.90 Å². The molecule has 1 saturated heterocycles. The van der Waals surface area contributed by atoms with Crippen molar-refractivity contribution in [1.82, 2.24) is 10.2 Å². The Labute approximate surface area is 172 Å². The topological polar surface area (TPSA) is 44.7 Å². The van der Waals surface area contributed by atoms with Crippen molar-refractivity contribution in [3.05, 3.63) is 59.4 Å². The van der Waals surface area contributed by atoms with E-state index in [-0.39, 0.29) is 36.3 Å². The fourth-order valence-electron chi connectivity index (χ4n) is 3.12. The molecule has 0 aliphatic carbocycles. The summed E-state index contributed by atoms with van der Waals surface area (Å²) < 4.78 is 54.7. The molecule has 0 aromatic heterocycles. The fourth-order valence-corrected chi connectivity index (χ4v) is 3.12. The summed E-state index contributed by atoms with van der Waals surface area (Å²) in [5.74, 6) is -0.885.